The van der Waals surface area contributed by atoms with E-state index in [1.54, 1.807) is 13.0 Å². The van der Waals surface area contributed by atoms with Gasteiger partial charge >= 0.3 is 0 Å². The summed E-state index contributed by atoms with van der Waals surface area (Å²) in [4.78, 5) is 10.9. The van der Waals surface area contributed by atoms with Crippen LogP contribution in [0.4, 0.5) is 0 Å². The van der Waals surface area contributed by atoms with Crippen LogP contribution in [0.5, 0.6) is 0 Å². The van der Waals surface area contributed by atoms with E-state index in [-0.39, 0.29) is 11.3 Å². The maximum atomic E-state index is 10.9. The second-order valence-electron chi connectivity index (χ2n) is 2.17. The van der Waals surface area contributed by atoms with Gasteiger partial charge in [0.1, 0.15) is 0 Å². The topological polar surface area (TPSA) is 17.1 Å². The molecule has 1 unspecified atom stereocenters. The Bertz CT molecular complexity index is 149. The Morgan fingerprint density at radius 2 is 2.22 bits per heavy atom. The molecule has 0 aliphatic rings. The van der Waals surface area contributed by atoms with Crippen molar-refractivity contribution in [2.45, 2.75) is 12.5 Å². The molecular weight excluding hydrogens is 128 g/mol. The van der Waals surface area contributed by atoms with Gasteiger partial charge in [-0.2, -0.15) is 0 Å². The highest BCUT2D eigenvalue weighted by atomic mass is 28.1. The zero-order chi connectivity index (χ0) is 7.44. The monoisotopic (exact) mass is 140 g/mol. The van der Waals surface area contributed by atoms with E-state index in [0.29, 0.717) is 5.57 Å². The number of ketones is 1. The van der Waals surface area contributed by atoms with E-state index in [4.69, 9.17) is 0 Å². The van der Waals surface area contributed by atoms with Gasteiger partial charge in [0.15, 0.2) is 5.78 Å². The van der Waals surface area contributed by atoms with Crippen LogP contribution >= 0.6 is 0 Å². The molecule has 9 heavy (non-hydrogen) atoms. The summed E-state index contributed by atoms with van der Waals surface area (Å²) in [6.45, 7) is 8.82. The molecule has 0 aromatic heterocycles. The highest BCUT2D eigenvalue weighted by Crippen LogP contribution is 2.06. The minimum atomic E-state index is 0.0579. The first-order chi connectivity index (χ1) is 4.09. The predicted molar refractivity (Wildman–Crippen MR) is 43.7 cm³/mol. The molecule has 2 heteroatoms. The van der Waals surface area contributed by atoms with Gasteiger partial charge < -0.3 is 0 Å². The lowest BCUT2D eigenvalue weighted by Crippen LogP contribution is -2.05. The molecule has 50 valence electrons. The first kappa shape index (κ1) is 8.37. The number of Topliss-reactive ketones (excluding diaryl/α,β-unsaturated/α-hetero) is 1. The van der Waals surface area contributed by atoms with Crippen molar-refractivity contribution in [1.82, 2.24) is 0 Å². The first-order valence-corrected chi connectivity index (χ1v) is 4.07. The van der Waals surface area contributed by atoms with Crippen molar-refractivity contribution in [2.24, 2.45) is 0 Å². The van der Waals surface area contributed by atoms with Crippen LogP contribution in [0, 0.1) is 0 Å². The van der Waals surface area contributed by atoms with Crippen LogP contribution in [0.25, 0.3) is 0 Å². The predicted octanol–water partition coefficient (Wildman–Crippen LogP) is 0.471. The fourth-order valence-corrected chi connectivity index (χ4v) is 0.988. The van der Waals surface area contributed by atoms with Crippen LogP contribution in [0.15, 0.2) is 24.8 Å². The summed E-state index contributed by atoms with van der Waals surface area (Å²) in [6, 6.07) is 0. The van der Waals surface area contributed by atoms with Gasteiger partial charge in [0.05, 0.1) is 0 Å². The average molecular weight is 140 g/mol. The molecule has 0 spiro atoms. The van der Waals surface area contributed by atoms with Gasteiger partial charge in [-0.25, -0.2) is 0 Å². The van der Waals surface area contributed by atoms with Crippen molar-refractivity contribution in [1.29, 1.82) is 0 Å². The Balaban J connectivity index is 4.03. The van der Waals surface area contributed by atoms with Crippen LogP contribution in [-0.2, 0) is 4.79 Å². The van der Waals surface area contributed by atoms with Crippen molar-refractivity contribution >= 4 is 16.0 Å². The summed E-state index contributed by atoms with van der Waals surface area (Å²) in [7, 11) is 0.843. The summed E-state index contributed by atoms with van der Waals surface area (Å²) in [5, 5.41) is 0. The summed E-state index contributed by atoms with van der Waals surface area (Å²) < 4.78 is 0. The number of hydrogen-bond donors (Lipinski definition) is 0. The average Bonchev–Trinajstić information content (AvgIpc) is 1.84. The van der Waals surface area contributed by atoms with Crippen LogP contribution in [-0.4, -0.2) is 16.0 Å². The van der Waals surface area contributed by atoms with Gasteiger partial charge in [0.2, 0.25) is 0 Å². The lowest BCUT2D eigenvalue weighted by Gasteiger charge is -2.01. The fraction of sp³-hybridized carbons (Fsp3) is 0.286. The summed E-state index contributed by atoms with van der Waals surface area (Å²) in [5.74, 6) is 0.136. The van der Waals surface area contributed by atoms with Crippen molar-refractivity contribution in [3.8, 4) is 0 Å². The van der Waals surface area contributed by atoms with Crippen LogP contribution in [0.3, 0.4) is 0 Å². The second-order valence-corrected chi connectivity index (χ2v) is 3.41. The van der Waals surface area contributed by atoms with E-state index in [9.17, 15) is 4.79 Å². The molecule has 0 amide bonds. The summed E-state index contributed by atoms with van der Waals surface area (Å²) in [5.41, 5.74) is 0.692. The number of carbonyl (C=O) groups excluding carboxylic acids is 1. The number of rotatable bonds is 3. The van der Waals surface area contributed by atoms with E-state index in [1.165, 1.54) is 0 Å². The maximum absolute atomic E-state index is 10.9. The molecule has 0 heterocycles. The maximum Gasteiger partial charge on any atom is 0.161 e. The molecule has 0 fully saturated rings. The summed E-state index contributed by atoms with van der Waals surface area (Å²) >= 11 is 0. The normalized spacial score (nSPS) is 12.6. The third-order valence-corrected chi connectivity index (χ3v) is 2.18. The Hall–Kier alpha value is -0.633. The molecule has 0 saturated heterocycles. The van der Waals surface area contributed by atoms with Crippen molar-refractivity contribution < 1.29 is 4.79 Å². The second kappa shape index (κ2) is 3.40. The highest BCUT2D eigenvalue weighted by Gasteiger charge is 2.07. The number of hydrogen-bond acceptors (Lipinski definition) is 1. The molecule has 0 radical (unpaired) electrons. The van der Waals surface area contributed by atoms with Gasteiger partial charge in [-0.15, -0.1) is 6.58 Å². The SMILES string of the molecule is C=CC([SiH3])C(=O)C(=C)C. The Morgan fingerprint density at radius 3 is 2.33 bits per heavy atom. The Morgan fingerprint density at radius 1 is 1.78 bits per heavy atom. The van der Waals surface area contributed by atoms with E-state index < -0.39 is 0 Å². The highest BCUT2D eigenvalue weighted by molar-refractivity contribution is 6.28. The first-order valence-electron chi connectivity index (χ1n) is 2.92. The van der Waals surface area contributed by atoms with Gasteiger partial charge in [-0.05, 0) is 12.5 Å². The molecule has 0 aromatic rings. The van der Waals surface area contributed by atoms with Crippen molar-refractivity contribution in [3.05, 3.63) is 24.8 Å². The summed E-state index contributed by atoms with van der Waals surface area (Å²) in [6.07, 6.45) is 1.68. The standard InChI is InChI=1S/C7H12OSi/c1-4-6(9)7(8)5(2)3/h4,6H,1-2H2,3,9H3. The number of carbonyl (C=O) groups is 1. The van der Waals surface area contributed by atoms with Gasteiger partial charge in [-0.1, -0.05) is 12.7 Å². The molecule has 0 aliphatic heterocycles. The van der Waals surface area contributed by atoms with Crippen LogP contribution in [0.2, 0.25) is 5.54 Å². The molecule has 0 bridgehead atoms. The Labute approximate surface area is 58.9 Å². The molecule has 0 aliphatic carbocycles. The molecular formula is C7H12OSi. The molecule has 1 atom stereocenters. The molecule has 0 N–H and O–H groups in total. The quantitative estimate of drug-likeness (QED) is 0.316. The van der Waals surface area contributed by atoms with E-state index >= 15 is 0 Å². The van der Waals surface area contributed by atoms with Crippen molar-refractivity contribution in [2.75, 3.05) is 0 Å². The fourth-order valence-electron chi connectivity index (χ4n) is 0.496. The van der Waals surface area contributed by atoms with Gasteiger partial charge in [0.25, 0.3) is 0 Å². The smallest absolute Gasteiger partial charge is 0.161 e. The number of allylic oxidation sites excluding steroid dienone is 2. The third kappa shape index (κ3) is 2.42. The van der Waals surface area contributed by atoms with Crippen molar-refractivity contribution in [3.63, 3.8) is 0 Å². The van der Waals surface area contributed by atoms with Gasteiger partial charge in [0, 0.05) is 15.8 Å². The van der Waals surface area contributed by atoms with Gasteiger partial charge in [-0.3, -0.25) is 4.79 Å². The molecule has 0 aromatic carbocycles. The minimum Gasteiger partial charge on any atom is -0.294 e. The molecule has 0 saturated carbocycles. The van der Waals surface area contributed by atoms with Crippen LogP contribution < -0.4 is 0 Å². The van der Waals surface area contributed by atoms with E-state index in [1.807, 2.05) is 0 Å². The largest absolute Gasteiger partial charge is 0.294 e. The van der Waals surface area contributed by atoms with E-state index in [0.717, 1.165) is 10.2 Å². The molecule has 0 rings (SSSR count). The Kier molecular flexibility index (Phi) is 3.16. The minimum absolute atomic E-state index is 0.0579. The molecule has 1 nitrogen and oxygen atoms in total. The van der Waals surface area contributed by atoms with Crippen LogP contribution in [0.1, 0.15) is 6.92 Å². The zero-order valence-electron chi connectivity index (χ0n) is 5.98. The zero-order valence-corrected chi connectivity index (χ0v) is 7.98. The lowest BCUT2D eigenvalue weighted by atomic mass is 10.1. The van der Waals surface area contributed by atoms with E-state index in [2.05, 4.69) is 13.2 Å². The lowest BCUT2D eigenvalue weighted by molar-refractivity contribution is -0.114. The third-order valence-electron chi connectivity index (χ3n) is 1.19.